The number of hydrogen-bond acceptors (Lipinski definition) is 6. The zero-order valence-corrected chi connectivity index (χ0v) is 25.4. The second kappa shape index (κ2) is 13.8. The molecule has 1 heterocycles. The maximum Gasteiger partial charge on any atom is 0.243 e. The van der Waals surface area contributed by atoms with E-state index in [1.165, 1.54) is 0 Å². The molecule has 1 saturated heterocycles. The molecule has 0 spiro atoms. The number of rotatable bonds is 11. The highest BCUT2D eigenvalue weighted by atomic mass is 32.2. The van der Waals surface area contributed by atoms with E-state index in [-0.39, 0.29) is 10.8 Å². The van der Waals surface area contributed by atoms with Crippen LogP contribution in [0.2, 0.25) is 0 Å². The molecule has 43 heavy (non-hydrogen) atoms. The smallest absolute Gasteiger partial charge is 0.243 e. The van der Waals surface area contributed by atoms with Gasteiger partial charge in [-0.15, -0.1) is 0 Å². The number of sulfonamides is 1. The third-order valence-electron chi connectivity index (χ3n) is 7.69. The number of benzene rings is 4. The predicted octanol–water partition coefficient (Wildman–Crippen LogP) is 5.63. The molecule has 1 aliphatic heterocycles. The van der Waals surface area contributed by atoms with Crippen molar-refractivity contribution in [2.75, 3.05) is 48.4 Å². The Morgan fingerprint density at radius 2 is 1.42 bits per heavy atom. The van der Waals surface area contributed by atoms with Crippen LogP contribution in [0.3, 0.4) is 0 Å². The van der Waals surface area contributed by atoms with Crippen molar-refractivity contribution in [2.45, 2.75) is 30.7 Å². The number of aryl methyl sites for hydroxylation is 1. The van der Waals surface area contributed by atoms with E-state index < -0.39 is 16.1 Å². The van der Waals surface area contributed by atoms with E-state index in [0.29, 0.717) is 50.4 Å². The van der Waals surface area contributed by atoms with E-state index in [4.69, 9.17) is 4.74 Å². The molecule has 0 aromatic heterocycles. The summed E-state index contributed by atoms with van der Waals surface area (Å²) >= 11 is 0. The number of nitrogens with one attached hydrogen (secondary N) is 2. The summed E-state index contributed by atoms with van der Waals surface area (Å²) in [6.07, 6.45) is 0.893. The number of carbonyl (C=O) groups is 1. The van der Waals surface area contributed by atoms with Crippen molar-refractivity contribution >= 4 is 33.0 Å². The fourth-order valence-corrected chi connectivity index (χ4v) is 6.86. The molecule has 8 nitrogen and oxygen atoms in total. The summed E-state index contributed by atoms with van der Waals surface area (Å²) in [5, 5.41) is 2.91. The normalized spacial score (nSPS) is 14.3. The summed E-state index contributed by atoms with van der Waals surface area (Å²) in [4.78, 5) is 17.3. The average Bonchev–Trinajstić information content (AvgIpc) is 3.04. The quantitative estimate of drug-likeness (QED) is 0.233. The molecule has 0 bridgehead atoms. The number of nitrogens with zero attached hydrogens (tertiary/aromatic N) is 2. The number of amides is 1. The molecule has 0 aliphatic carbocycles. The maximum absolute atomic E-state index is 13.9. The van der Waals surface area contributed by atoms with Gasteiger partial charge in [0, 0.05) is 44.3 Å². The van der Waals surface area contributed by atoms with Gasteiger partial charge >= 0.3 is 0 Å². The monoisotopic (exact) mass is 598 g/mol. The largest absolute Gasteiger partial charge is 0.495 e. The number of piperazine rings is 1. The number of ether oxygens (including phenoxy) is 1. The second-order valence-electron chi connectivity index (χ2n) is 10.6. The third kappa shape index (κ3) is 7.55. The van der Waals surface area contributed by atoms with Crippen molar-refractivity contribution in [3.05, 3.63) is 114 Å². The minimum Gasteiger partial charge on any atom is -0.495 e. The zero-order valence-electron chi connectivity index (χ0n) is 24.6. The summed E-state index contributed by atoms with van der Waals surface area (Å²) in [6, 6.07) is 31.9. The van der Waals surface area contributed by atoms with Crippen molar-refractivity contribution in [3.63, 3.8) is 0 Å². The SMILES string of the molecule is COc1ccccc1N1CCN(c2ccc(NC(=O)CCc3ccccc3)cc2S(=O)(=O)N[C@@H](C)c2ccccc2)CC1. The van der Waals surface area contributed by atoms with Crippen LogP contribution in [0.1, 0.15) is 30.5 Å². The molecule has 0 radical (unpaired) electrons. The number of para-hydroxylation sites is 2. The molecular formula is C34H38N4O4S. The van der Waals surface area contributed by atoms with E-state index in [2.05, 4.69) is 19.8 Å². The summed E-state index contributed by atoms with van der Waals surface area (Å²) in [7, 11) is -2.29. The Kier molecular flexibility index (Phi) is 9.64. The van der Waals surface area contributed by atoms with Crippen LogP contribution in [-0.4, -0.2) is 47.6 Å². The van der Waals surface area contributed by atoms with Crippen LogP contribution in [0, 0.1) is 0 Å². The topological polar surface area (TPSA) is 91.0 Å². The number of anilines is 3. The van der Waals surface area contributed by atoms with Crippen molar-refractivity contribution in [1.82, 2.24) is 4.72 Å². The average molecular weight is 599 g/mol. The van der Waals surface area contributed by atoms with Gasteiger partial charge in [-0.2, -0.15) is 0 Å². The van der Waals surface area contributed by atoms with Crippen LogP contribution in [-0.2, 0) is 21.2 Å². The van der Waals surface area contributed by atoms with E-state index in [1.807, 2.05) is 91.9 Å². The maximum atomic E-state index is 13.9. The molecule has 1 atom stereocenters. The van der Waals surface area contributed by atoms with Crippen molar-refractivity contribution in [3.8, 4) is 5.75 Å². The molecular weight excluding hydrogens is 560 g/mol. The first-order valence-corrected chi connectivity index (χ1v) is 16.0. The van der Waals surface area contributed by atoms with Crippen molar-refractivity contribution in [2.24, 2.45) is 0 Å². The molecule has 9 heteroatoms. The van der Waals surface area contributed by atoms with Gasteiger partial charge in [-0.05, 0) is 54.8 Å². The van der Waals surface area contributed by atoms with E-state index in [1.54, 1.807) is 25.3 Å². The lowest BCUT2D eigenvalue weighted by atomic mass is 10.1. The molecule has 224 valence electrons. The lowest BCUT2D eigenvalue weighted by molar-refractivity contribution is -0.116. The van der Waals surface area contributed by atoms with Gasteiger partial charge in [0.25, 0.3) is 0 Å². The van der Waals surface area contributed by atoms with Gasteiger partial charge in [0.1, 0.15) is 10.6 Å². The first-order chi connectivity index (χ1) is 20.8. The van der Waals surface area contributed by atoms with E-state index in [0.717, 1.165) is 22.6 Å². The highest BCUT2D eigenvalue weighted by Gasteiger charge is 2.28. The van der Waals surface area contributed by atoms with Crippen LogP contribution in [0.15, 0.2) is 108 Å². The molecule has 4 aromatic carbocycles. The van der Waals surface area contributed by atoms with Crippen LogP contribution < -0.4 is 24.6 Å². The fourth-order valence-electron chi connectivity index (χ4n) is 5.38. The molecule has 0 saturated carbocycles. The Morgan fingerprint density at radius 1 is 0.814 bits per heavy atom. The van der Waals surface area contributed by atoms with Crippen LogP contribution in [0.4, 0.5) is 17.1 Å². The molecule has 4 aromatic rings. The fraction of sp³-hybridized carbons (Fsp3) is 0.265. The molecule has 2 N–H and O–H groups in total. The summed E-state index contributed by atoms with van der Waals surface area (Å²) in [5.74, 6) is 0.640. The molecule has 1 fully saturated rings. The molecule has 0 unspecified atom stereocenters. The van der Waals surface area contributed by atoms with Gasteiger partial charge in [-0.3, -0.25) is 4.79 Å². The molecule has 1 aliphatic rings. The first kappa shape index (κ1) is 30.1. The number of methoxy groups -OCH3 is 1. The first-order valence-electron chi connectivity index (χ1n) is 14.5. The van der Waals surface area contributed by atoms with Crippen LogP contribution in [0.5, 0.6) is 5.75 Å². The minimum atomic E-state index is -3.95. The number of carbonyl (C=O) groups excluding carboxylic acids is 1. The zero-order chi connectivity index (χ0) is 30.2. The van der Waals surface area contributed by atoms with Gasteiger partial charge in [-0.1, -0.05) is 72.8 Å². The lowest BCUT2D eigenvalue weighted by Gasteiger charge is -2.38. The Balaban J connectivity index is 1.37. The highest BCUT2D eigenvalue weighted by Crippen LogP contribution is 2.33. The van der Waals surface area contributed by atoms with Gasteiger partial charge < -0.3 is 19.9 Å². The van der Waals surface area contributed by atoms with Gasteiger partial charge in [0.05, 0.1) is 18.5 Å². The summed E-state index contributed by atoms with van der Waals surface area (Å²) in [5.41, 5.74) is 4.01. The lowest BCUT2D eigenvalue weighted by Crippen LogP contribution is -2.47. The van der Waals surface area contributed by atoms with E-state index in [9.17, 15) is 13.2 Å². The van der Waals surface area contributed by atoms with Crippen LogP contribution >= 0.6 is 0 Å². The number of hydrogen-bond donors (Lipinski definition) is 2. The Labute approximate surface area is 254 Å². The van der Waals surface area contributed by atoms with Gasteiger partial charge in [0.15, 0.2) is 0 Å². The van der Waals surface area contributed by atoms with Gasteiger partial charge in [-0.25, -0.2) is 13.1 Å². The Hall–Kier alpha value is -4.34. The third-order valence-corrected chi connectivity index (χ3v) is 9.26. The second-order valence-corrected chi connectivity index (χ2v) is 12.3. The van der Waals surface area contributed by atoms with Crippen molar-refractivity contribution in [1.29, 1.82) is 0 Å². The van der Waals surface area contributed by atoms with E-state index >= 15 is 0 Å². The molecule has 1 amide bonds. The minimum absolute atomic E-state index is 0.141. The van der Waals surface area contributed by atoms with Gasteiger partial charge in [0.2, 0.25) is 15.9 Å². The van der Waals surface area contributed by atoms with Crippen LogP contribution in [0.25, 0.3) is 0 Å². The summed E-state index contributed by atoms with van der Waals surface area (Å²) in [6.45, 7) is 4.47. The standard InChI is InChI=1S/C34H38N4O4S/c1-26(28-13-7-4-8-14-28)36-43(40,41)33-25-29(35-34(39)20-17-27-11-5-3-6-12-27)18-19-31(33)38-23-21-37(22-24-38)30-15-9-10-16-32(30)42-2/h3-16,18-19,25-26,36H,17,20-24H2,1-2H3,(H,35,39)/t26-/m0/s1. The Morgan fingerprint density at radius 3 is 2.09 bits per heavy atom. The molecule has 5 rings (SSSR count). The van der Waals surface area contributed by atoms with Crippen molar-refractivity contribution < 1.29 is 17.9 Å². The highest BCUT2D eigenvalue weighted by molar-refractivity contribution is 7.89. The Bertz CT molecular complexity index is 1620. The predicted molar refractivity (Wildman–Crippen MR) is 172 cm³/mol. The summed E-state index contributed by atoms with van der Waals surface area (Å²) < 4.78 is 36.2.